The highest BCUT2D eigenvalue weighted by Crippen LogP contribution is 2.42. The second-order valence-electron chi connectivity index (χ2n) is 7.07. The van der Waals surface area contributed by atoms with Crippen LogP contribution in [0.5, 0.6) is 0 Å². The molecule has 152 valence electrons. The molecule has 2 N–H and O–H groups in total. The molecule has 1 aliphatic carbocycles. The monoisotopic (exact) mass is 522 g/mol. The highest BCUT2D eigenvalue weighted by atomic mass is 127. The summed E-state index contributed by atoms with van der Waals surface area (Å²) in [6, 6.07) is 3.76. The van der Waals surface area contributed by atoms with Crippen LogP contribution >= 0.6 is 47.1 Å². The van der Waals surface area contributed by atoms with Gasteiger partial charge in [-0.25, -0.2) is 0 Å². The summed E-state index contributed by atoms with van der Waals surface area (Å²) in [5, 5.41) is 8.39. The van der Waals surface area contributed by atoms with Crippen molar-refractivity contribution in [3.05, 3.63) is 22.4 Å². The Bertz CT molecular complexity index is 597. The van der Waals surface area contributed by atoms with E-state index in [0.717, 1.165) is 36.9 Å². The predicted molar refractivity (Wildman–Crippen MR) is 128 cm³/mol. The summed E-state index contributed by atoms with van der Waals surface area (Å²) in [5.41, 5.74) is 0. The zero-order chi connectivity index (χ0) is 18.2. The van der Waals surface area contributed by atoms with E-state index in [4.69, 9.17) is 0 Å². The number of nitrogens with zero attached hydrogens (tertiary/aromatic N) is 2. The number of carbonyl (C=O) groups excluding carboxylic acids is 1. The SMILES string of the molecule is CN=C(NCCCNC(=O)c1cccs1)N1CCSC2(CCCCC2)C1.I. The fourth-order valence-electron chi connectivity index (χ4n) is 3.84. The van der Waals surface area contributed by atoms with Gasteiger partial charge in [-0.15, -0.1) is 35.3 Å². The number of hydrogen-bond donors (Lipinski definition) is 2. The number of guanidine groups is 1. The fraction of sp³-hybridized carbons (Fsp3) is 0.684. The Hall–Kier alpha value is -0.480. The number of thioether (sulfide) groups is 1. The number of carbonyl (C=O) groups is 1. The second kappa shape index (κ2) is 11.5. The summed E-state index contributed by atoms with van der Waals surface area (Å²) >= 11 is 3.66. The molecule has 2 heterocycles. The summed E-state index contributed by atoms with van der Waals surface area (Å²) in [7, 11) is 1.87. The number of hydrogen-bond acceptors (Lipinski definition) is 4. The first-order valence-corrected chi connectivity index (χ1v) is 11.5. The molecule has 1 aromatic rings. The van der Waals surface area contributed by atoms with E-state index in [1.165, 1.54) is 49.2 Å². The van der Waals surface area contributed by atoms with Crippen LogP contribution < -0.4 is 10.6 Å². The normalized spacial score (nSPS) is 19.4. The zero-order valence-electron chi connectivity index (χ0n) is 16.0. The molecule has 1 amide bonds. The summed E-state index contributed by atoms with van der Waals surface area (Å²) < 4.78 is 0.447. The van der Waals surface area contributed by atoms with Gasteiger partial charge in [0.25, 0.3) is 5.91 Å². The van der Waals surface area contributed by atoms with E-state index in [0.29, 0.717) is 11.3 Å². The van der Waals surface area contributed by atoms with Gasteiger partial charge < -0.3 is 15.5 Å². The van der Waals surface area contributed by atoms with Crippen molar-refractivity contribution in [3.63, 3.8) is 0 Å². The Balaban J connectivity index is 0.00000261. The number of rotatable bonds is 5. The lowest BCUT2D eigenvalue weighted by atomic mass is 9.87. The van der Waals surface area contributed by atoms with Crippen LogP contribution in [0.1, 0.15) is 48.2 Å². The number of thiophene rings is 1. The zero-order valence-corrected chi connectivity index (χ0v) is 20.0. The van der Waals surface area contributed by atoms with Crippen LogP contribution in [0.3, 0.4) is 0 Å². The van der Waals surface area contributed by atoms with Crippen molar-refractivity contribution in [2.75, 3.05) is 39.0 Å². The van der Waals surface area contributed by atoms with Gasteiger partial charge in [-0.3, -0.25) is 9.79 Å². The van der Waals surface area contributed by atoms with Crippen LogP contribution in [0.25, 0.3) is 0 Å². The van der Waals surface area contributed by atoms with Gasteiger partial charge in [-0.05, 0) is 30.7 Å². The molecule has 1 spiro atoms. The van der Waals surface area contributed by atoms with E-state index < -0.39 is 0 Å². The Morgan fingerprint density at radius 2 is 2.04 bits per heavy atom. The fourth-order valence-corrected chi connectivity index (χ4v) is 6.05. The molecule has 2 fully saturated rings. The maximum absolute atomic E-state index is 11.9. The molecule has 3 rings (SSSR count). The molecule has 0 radical (unpaired) electrons. The minimum absolute atomic E-state index is 0. The van der Waals surface area contributed by atoms with Crippen molar-refractivity contribution < 1.29 is 4.79 Å². The lowest BCUT2D eigenvalue weighted by Crippen LogP contribution is -2.53. The Labute approximate surface area is 188 Å². The third kappa shape index (κ3) is 6.52. The maximum atomic E-state index is 11.9. The summed E-state index contributed by atoms with van der Waals surface area (Å²) in [4.78, 5) is 19.6. The van der Waals surface area contributed by atoms with Crippen molar-refractivity contribution in [2.45, 2.75) is 43.3 Å². The Kier molecular flexibility index (Phi) is 9.72. The van der Waals surface area contributed by atoms with Gasteiger partial charge in [0.15, 0.2) is 5.96 Å². The van der Waals surface area contributed by atoms with Crippen LogP contribution in [0.2, 0.25) is 0 Å². The van der Waals surface area contributed by atoms with E-state index in [2.05, 4.69) is 32.3 Å². The maximum Gasteiger partial charge on any atom is 0.261 e. The number of nitrogens with one attached hydrogen (secondary N) is 2. The Morgan fingerprint density at radius 3 is 2.74 bits per heavy atom. The van der Waals surface area contributed by atoms with Crippen molar-refractivity contribution >= 4 is 58.9 Å². The number of amides is 1. The van der Waals surface area contributed by atoms with Crippen LogP contribution in [0.15, 0.2) is 22.5 Å². The minimum atomic E-state index is 0. The van der Waals surface area contributed by atoms with Crippen molar-refractivity contribution in [1.82, 2.24) is 15.5 Å². The van der Waals surface area contributed by atoms with Gasteiger partial charge in [-0.2, -0.15) is 11.8 Å². The molecule has 1 aromatic heterocycles. The molecule has 1 aliphatic heterocycles. The summed E-state index contributed by atoms with van der Waals surface area (Å²) in [6.07, 6.45) is 7.73. The topological polar surface area (TPSA) is 56.7 Å². The van der Waals surface area contributed by atoms with E-state index >= 15 is 0 Å². The van der Waals surface area contributed by atoms with E-state index in [1.807, 2.05) is 24.6 Å². The average molecular weight is 523 g/mol. The van der Waals surface area contributed by atoms with Crippen LogP contribution in [-0.4, -0.2) is 60.5 Å². The van der Waals surface area contributed by atoms with Gasteiger partial charge in [0.05, 0.1) is 4.88 Å². The molecule has 1 saturated heterocycles. The van der Waals surface area contributed by atoms with Crippen molar-refractivity contribution in [2.24, 2.45) is 4.99 Å². The number of halogens is 1. The predicted octanol–water partition coefficient (Wildman–Crippen LogP) is 3.81. The van der Waals surface area contributed by atoms with Crippen LogP contribution in [0, 0.1) is 0 Å². The lowest BCUT2D eigenvalue weighted by Gasteiger charge is -2.45. The second-order valence-corrected chi connectivity index (χ2v) is 9.59. The lowest BCUT2D eigenvalue weighted by molar-refractivity contribution is 0.0957. The van der Waals surface area contributed by atoms with Crippen molar-refractivity contribution in [3.8, 4) is 0 Å². The average Bonchev–Trinajstić information content (AvgIpc) is 3.20. The quantitative estimate of drug-likeness (QED) is 0.267. The third-order valence-electron chi connectivity index (χ3n) is 5.19. The van der Waals surface area contributed by atoms with Crippen molar-refractivity contribution in [1.29, 1.82) is 0 Å². The standard InChI is InChI=1S/C19H30N4OS2.HI/c1-20-18(22-11-6-10-21-17(24)16-7-5-13-25-16)23-12-14-26-19(15-23)8-3-2-4-9-19;/h5,7,13H,2-4,6,8-12,14-15H2,1H3,(H,20,22)(H,21,24);1H. The van der Waals surface area contributed by atoms with E-state index in [1.54, 1.807) is 0 Å². The summed E-state index contributed by atoms with van der Waals surface area (Å²) in [6.45, 7) is 3.70. The number of aliphatic imine (C=N–C) groups is 1. The molecule has 5 nitrogen and oxygen atoms in total. The molecule has 27 heavy (non-hydrogen) atoms. The molecule has 2 aliphatic rings. The minimum Gasteiger partial charge on any atom is -0.356 e. The summed E-state index contributed by atoms with van der Waals surface area (Å²) in [5.74, 6) is 2.23. The van der Waals surface area contributed by atoms with Gasteiger partial charge in [0.1, 0.15) is 0 Å². The molecule has 0 aromatic carbocycles. The van der Waals surface area contributed by atoms with E-state index in [9.17, 15) is 4.79 Å². The molecular weight excluding hydrogens is 491 g/mol. The highest BCUT2D eigenvalue weighted by molar-refractivity contribution is 14.0. The smallest absolute Gasteiger partial charge is 0.261 e. The molecule has 0 bridgehead atoms. The van der Waals surface area contributed by atoms with Gasteiger partial charge in [0, 0.05) is 43.7 Å². The van der Waals surface area contributed by atoms with E-state index in [-0.39, 0.29) is 29.9 Å². The highest BCUT2D eigenvalue weighted by Gasteiger charge is 2.38. The van der Waals surface area contributed by atoms with Gasteiger partial charge >= 0.3 is 0 Å². The molecule has 0 unspecified atom stereocenters. The molecule has 0 atom stereocenters. The first kappa shape index (κ1) is 22.8. The third-order valence-corrected chi connectivity index (χ3v) is 7.60. The van der Waals surface area contributed by atoms with Crippen LogP contribution in [0.4, 0.5) is 0 Å². The Morgan fingerprint density at radius 1 is 1.26 bits per heavy atom. The van der Waals surface area contributed by atoms with Gasteiger partial charge in [-0.1, -0.05) is 25.3 Å². The molecule has 8 heteroatoms. The largest absolute Gasteiger partial charge is 0.356 e. The van der Waals surface area contributed by atoms with Gasteiger partial charge in [0.2, 0.25) is 0 Å². The molecule has 1 saturated carbocycles. The first-order chi connectivity index (χ1) is 12.7. The molecular formula is C19H31IN4OS2. The first-order valence-electron chi connectivity index (χ1n) is 9.64. The van der Waals surface area contributed by atoms with Crippen LogP contribution in [-0.2, 0) is 0 Å².